The monoisotopic (exact) mass is 1780 g/mol. The number of nitrogens with two attached hydrogens (primary N) is 3. The van der Waals surface area contributed by atoms with Gasteiger partial charge in [-0.1, -0.05) is 232 Å². The Bertz CT molecular complexity index is 4900. The summed E-state index contributed by atoms with van der Waals surface area (Å²) in [6.45, 7) is 23.9. The van der Waals surface area contributed by atoms with Crippen LogP contribution >= 0.6 is 86.4 Å². The fourth-order valence-electron chi connectivity index (χ4n) is 16.6. The lowest BCUT2D eigenvalue weighted by Crippen LogP contribution is -2.63. The molecule has 8 aromatic carbocycles. The van der Waals surface area contributed by atoms with Crippen LogP contribution in [-0.4, -0.2) is 303 Å². The van der Waals surface area contributed by atoms with Gasteiger partial charge in [0.05, 0.1) is 18.1 Å². The number of carbonyl (C=O) groups excluding carboxylic acids is 8. The van der Waals surface area contributed by atoms with Crippen molar-refractivity contribution in [3.8, 4) is 0 Å². The van der Waals surface area contributed by atoms with Gasteiger partial charge in [0.1, 0.15) is 12.1 Å². The van der Waals surface area contributed by atoms with E-state index in [1.54, 1.807) is 58.9 Å². The highest BCUT2D eigenvalue weighted by atomic mass is 33.1. The molecule has 640 valence electrons. The van der Waals surface area contributed by atoms with E-state index in [0.29, 0.717) is 93.8 Å². The van der Waals surface area contributed by atoms with Crippen molar-refractivity contribution >= 4 is 177 Å². The normalized spacial score (nSPS) is 25.6. The lowest BCUT2D eigenvalue weighted by molar-refractivity contribution is -0.139. The van der Waals surface area contributed by atoms with Crippen molar-refractivity contribution in [1.29, 1.82) is 0 Å². The summed E-state index contributed by atoms with van der Waals surface area (Å²) in [5.74, 6) is 5.66. The van der Waals surface area contributed by atoms with E-state index in [1.165, 1.54) is 16.5 Å². The lowest BCUT2D eigenvalue weighted by Gasteiger charge is -2.44. The molecule has 8 heterocycles. The van der Waals surface area contributed by atoms with E-state index in [9.17, 15) is 38.4 Å². The average Bonchev–Trinajstić information content (AvgIpc) is 0.806. The molecule has 8 saturated heterocycles. The molecule has 16 rings (SSSR count). The fourth-order valence-corrected chi connectivity index (χ4v) is 26.3. The molecule has 10 N–H and O–H groups in total. The molecule has 8 amide bonds. The van der Waals surface area contributed by atoms with Crippen molar-refractivity contribution in [2.75, 3.05) is 145 Å². The first-order valence-electron chi connectivity index (χ1n) is 41.5. The van der Waals surface area contributed by atoms with Crippen molar-refractivity contribution in [1.82, 2.24) is 60.5 Å². The lowest BCUT2D eigenvalue weighted by atomic mass is 9.99. The molecule has 31 heteroatoms. The molecule has 4 unspecified atom stereocenters. The standard InChI is InChI=1S/C24H32N4O2S2.C22H26N4O3S2.C22H28N4O2S2.C21H27N3OS2/c1-16-14-27(22(29)20-10-6-8-17-7-4-5-9-19(17)20)11-12-28(16)23(30)21-24(2,3)32-31-15-18(25)13-26-21;1-14-11-25(21(28)17-8-4-6-15-5-2-3-7-16(15)17)9-10-26(14)22(29)19-13-31-30-12-18(23)20(27)24-19;1-15-11-26(22(28)19-8-4-6-16-5-2-3-7-18(16)19)10-9-25(15)12-17-13-29-30-14-20(23)21(27)24-17;1-16-13-24(11-10-23(16)14-18-15-27-26-12-9-22-18)21(25)20-8-4-6-17-5-2-3-7-19(17)20/h4-10,16,18,21,26H,11-15,25H2,1-3H3;2-8,14,18-19H,9-13,23H2,1H3,(H,24,27);2-8,15,17,20H,9-14,23H2,1H3,(H,24,27);2-8,16,18,22H,9-15H2,1H3/t16?,18-,21-;14?,18-,19-;15?,17-,20+;16?,18-/m1011/s1. The molecule has 0 bridgehead atoms. The molecule has 8 aliphatic rings. The molecule has 120 heavy (non-hydrogen) atoms. The SMILES string of the molecule is CC1CN(C(=O)c2cccc3ccccc23)CCN1C(=O)[C@@H]1CSSC[C@H](N)C(=O)N1.CC1CN(C(=O)c2cccc3ccccc23)CCN1C(=O)[C@H]1NC[C@@H](N)CSSC1(C)C.CC1CN(C(=O)c2cccc3ccccc23)CCN1C[C@@H]1CSSCCN1.CC1CN(C(=O)c2cccc3ccccc23)CCN1C[C@@H]1CSSC[C@H](N)C(=O)N1. The van der Waals surface area contributed by atoms with Crippen LogP contribution in [0.2, 0.25) is 0 Å². The maximum absolute atomic E-state index is 13.6. The van der Waals surface area contributed by atoms with Gasteiger partial charge in [-0.2, -0.15) is 0 Å². The fraction of sp³-hybridized carbons (Fsp3) is 0.461. The minimum atomic E-state index is -0.610. The molecule has 0 saturated carbocycles. The van der Waals surface area contributed by atoms with Crippen molar-refractivity contribution in [2.24, 2.45) is 17.2 Å². The Morgan fingerprint density at radius 1 is 0.392 bits per heavy atom. The van der Waals surface area contributed by atoms with E-state index in [1.807, 2.05) is 212 Å². The third-order valence-electron chi connectivity index (χ3n) is 23.3. The van der Waals surface area contributed by atoms with Gasteiger partial charge in [-0.15, -0.1) is 0 Å². The van der Waals surface area contributed by atoms with Gasteiger partial charge >= 0.3 is 0 Å². The van der Waals surface area contributed by atoms with Crippen LogP contribution in [0.4, 0.5) is 0 Å². The zero-order chi connectivity index (χ0) is 84.6. The quantitative estimate of drug-likeness (QED) is 0.0627. The highest BCUT2D eigenvalue weighted by Crippen LogP contribution is 2.41. The number of hydrogen-bond donors (Lipinski definition) is 7. The number of fused-ring (bicyclic) bond motifs is 4. The van der Waals surface area contributed by atoms with Gasteiger partial charge < -0.3 is 67.9 Å². The largest absolute Gasteiger partial charge is 0.350 e. The van der Waals surface area contributed by atoms with Crippen LogP contribution < -0.4 is 38.5 Å². The van der Waals surface area contributed by atoms with E-state index in [2.05, 4.69) is 77.0 Å². The molecule has 0 aliphatic carbocycles. The maximum atomic E-state index is 13.6. The average molecular weight is 1780 g/mol. The van der Waals surface area contributed by atoms with Gasteiger partial charge in [0.2, 0.25) is 23.6 Å². The first-order valence-corrected chi connectivity index (χ1v) is 51.3. The van der Waals surface area contributed by atoms with Gasteiger partial charge in [-0.3, -0.25) is 48.2 Å². The number of rotatable bonds is 10. The molecular formula is C89H113N15O8S8. The van der Waals surface area contributed by atoms with Crippen LogP contribution in [0.3, 0.4) is 0 Å². The van der Waals surface area contributed by atoms with Crippen molar-refractivity contribution in [3.05, 3.63) is 192 Å². The summed E-state index contributed by atoms with van der Waals surface area (Å²) in [5.41, 5.74) is 20.9. The Kier molecular flexibility index (Phi) is 32.6. The van der Waals surface area contributed by atoms with Crippen molar-refractivity contribution in [2.45, 2.75) is 113 Å². The smallest absolute Gasteiger partial charge is 0.254 e. The van der Waals surface area contributed by atoms with Gasteiger partial charge in [0.15, 0.2) is 0 Å². The first-order chi connectivity index (χ1) is 58.0. The van der Waals surface area contributed by atoms with E-state index >= 15 is 0 Å². The van der Waals surface area contributed by atoms with Crippen LogP contribution in [0.5, 0.6) is 0 Å². The van der Waals surface area contributed by atoms with E-state index < -0.39 is 18.1 Å². The van der Waals surface area contributed by atoms with Crippen molar-refractivity contribution in [3.63, 3.8) is 0 Å². The molecule has 8 fully saturated rings. The van der Waals surface area contributed by atoms with Gasteiger partial charge in [0.25, 0.3) is 23.6 Å². The molecular weight excluding hydrogens is 1660 g/mol. The minimum Gasteiger partial charge on any atom is -0.350 e. The summed E-state index contributed by atoms with van der Waals surface area (Å²) in [6, 6.07) is 54.7. The number of nitrogens with one attached hydrogen (secondary N) is 4. The third kappa shape index (κ3) is 23.0. The van der Waals surface area contributed by atoms with Crippen LogP contribution in [0.15, 0.2) is 170 Å². The molecule has 0 aromatic heterocycles. The molecule has 11 atom stereocenters. The summed E-state index contributed by atoms with van der Waals surface area (Å²) < 4.78 is -0.252. The molecule has 0 radical (unpaired) electrons. The van der Waals surface area contributed by atoms with Crippen molar-refractivity contribution < 1.29 is 38.4 Å². The molecule has 8 aliphatic heterocycles. The topological polar surface area (TPSA) is 289 Å². The second kappa shape index (κ2) is 43.1. The van der Waals surface area contributed by atoms with E-state index in [-0.39, 0.29) is 88.3 Å². The van der Waals surface area contributed by atoms with Gasteiger partial charge in [0, 0.05) is 208 Å². The number of nitrogens with zero attached hydrogens (tertiary/aromatic N) is 8. The molecule has 8 aromatic rings. The predicted octanol–water partition coefficient (Wildman–Crippen LogP) is 10.2. The summed E-state index contributed by atoms with van der Waals surface area (Å²) >= 11 is 0. The second-order valence-electron chi connectivity index (χ2n) is 32.5. The van der Waals surface area contributed by atoms with Gasteiger partial charge in [-0.25, -0.2) is 0 Å². The van der Waals surface area contributed by atoms with Gasteiger partial charge in [-0.05, 0) is 109 Å². The number of hydrogen-bond acceptors (Lipinski definition) is 23. The Labute approximate surface area is 736 Å². The molecule has 0 spiro atoms. The zero-order valence-electron chi connectivity index (χ0n) is 69.1. The predicted molar refractivity (Wildman–Crippen MR) is 504 cm³/mol. The third-order valence-corrected chi connectivity index (χ3v) is 34.2. The minimum absolute atomic E-state index is 0.0204. The highest BCUT2D eigenvalue weighted by molar-refractivity contribution is 8.77. The van der Waals surface area contributed by atoms with Crippen LogP contribution in [0, 0.1) is 0 Å². The maximum Gasteiger partial charge on any atom is 0.254 e. The highest BCUT2D eigenvalue weighted by Gasteiger charge is 2.44. The Hall–Kier alpha value is -6.92. The second-order valence-corrected chi connectivity index (χ2v) is 43.2. The zero-order valence-corrected chi connectivity index (χ0v) is 75.7. The summed E-state index contributed by atoms with van der Waals surface area (Å²) in [4.78, 5) is 120. The number of piperazine rings is 4. The first kappa shape index (κ1) is 90.8. The van der Waals surface area contributed by atoms with Crippen LogP contribution in [0.25, 0.3) is 43.1 Å². The summed E-state index contributed by atoms with van der Waals surface area (Å²) in [6.07, 6.45) is 0. The Balaban J connectivity index is 0.000000139. The number of benzene rings is 8. The summed E-state index contributed by atoms with van der Waals surface area (Å²) in [5, 5.41) is 21.3. The Morgan fingerprint density at radius 3 is 1.20 bits per heavy atom. The van der Waals surface area contributed by atoms with Crippen LogP contribution in [-0.2, 0) is 19.2 Å². The number of amides is 8. The summed E-state index contributed by atoms with van der Waals surface area (Å²) in [7, 11) is 13.9. The number of carbonyl (C=O) groups is 8. The molecule has 23 nitrogen and oxygen atoms in total. The Morgan fingerprint density at radius 2 is 0.758 bits per heavy atom. The van der Waals surface area contributed by atoms with E-state index in [4.69, 9.17) is 17.2 Å². The van der Waals surface area contributed by atoms with E-state index in [0.717, 1.165) is 123 Å². The van der Waals surface area contributed by atoms with Crippen LogP contribution in [0.1, 0.15) is 83.0 Å².